The topological polar surface area (TPSA) is 199 Å². The van der Waals surface area contributed by atoms with Gasteiger partial charge in [-0.15, -0.1) is 11.3 Å². The molecule has 8 rings (SSSR count). The van der Waals surface area contributed by atoms with Gasteiger partial charge >= 0.3 is 6.18 Å². The van der Waals surface area contributed by atoms with Crippen molar-refractivity contribution in [2.75, 3.05) is 40.8 Å². The molecule has 0 bridgehead atoms. The highest BCUT2D eigenvalue weighted by molar-refractivity contribution is 7.13. The van der Waals surface area contributed by atoms with Gasteiger partial charge in [-0.25, -0.2) is 4.98 Å². The number of nitrogens with two attached hydrogens (primary N) is 2. The van der Waals surface area contributed by atoms with Gasteiger partial charge in [0.25, 0.3) is 0 Å². The number of aryl methyl sites for hydroxylation is 2. The van der Waals surface area contributed by atoms with Crippen LogP contribution >= 0.6 is 11.3 Å². The van der Waals surface area contributed by atoms with Crippen molar-refractivity contribution in [3.05, 3.63) is 154 Å². The molecule has 13 nitrogen and oxygen atoms in total. The smallest absolute Gasteiger partial charge is 0.416 e. The average Bonchev–Trinajstić information content (AvgIpc) is 4.06. The van der Waals surface area contributed by atoms with Crippen molar-refractivity contribution in [2.45, 2.75) is 112 Å². The molecule has 0 aliphatic carbocycles. The van der Waals surface area contributed by atoms with Gasteiger partial charge in [0.1, 0.15) is 18.3 Å². The van der Waals surface area contributed by atoms with Gasteiger partial charge in [-0.05, 0) is 168 Å². The molecule has 2 aliphatic rings. The Morgan fingerprint density at radius 2 is 1.43 bits per heavy atom. The van der Waals surface area contributed by atoms with E-state index in [2.05, 4.69) is 108 Å². The maximum absolute atomic E-state index is 12.0. The summed E-state index contributed by atoms with van der Waals surface area (Å²) >= 11 is 1.64. The van der Waals surface area contributed by atoms with Crippen molar-refractivity contribution in [1.82, 2.24) is 25.8 Å². The SMILES string of the molecule is CC(C=O)C(C)(C)C.CC1CCCN1C.CNCc1cccc(CCC2CCNCC2)c1.COc1ccc(C(F)(F)F)cc1.Cc1ncsc1-c1ccc(C(C)NC=O)cc1.NC=O.NC=O.O=Cc1ccc2ccccc2c1. The number of piperidine rings is 1. The Balaban J connectivity index is 0.000000475. The van der Waals surface area contributed by atoms with Crippen LogP contribution in [0, 0.1) is 24.2 Å². The van der Waals surface area contributed by atoms with Crippen LogP contribution in [0.25, 0.3) is 21.2 Å². The lowest BCUT2D eigenvalue weighted by molar-refractivity contribution is -0.137. The van der Waals surface area contributed by atoms with Gasteiger partial charge in [0.05, 0.1) is 34.8 Å². The summed E-state index contributed by atoms with van der Waals surface area (Å²) in [5.41, 5.74) is 16.6. The lowest BCUT2D eigenvalue weighted by Crippen LogP contribution is -2.27. The maximum Gasteiger partial charge on any atom is 0.416 e. The van der Waals surface area contributed by atoms with E-state index in [1.54, 1.807) is 11.3 Å². The molecule has 1 aromatic heterocycles. The number of primary amides is 2. The molecule has 2 fully saturated rings. The number of benzene rings is 5. The molecule has 2 saturated heterocycles. The van der Waals surface area contributed by atoms with Gasteiger partial charge in [-0.2, -0.15) is 13.2 Å². The zero-order chi connectivity index (χ0) is 59.2. The molecule has 6 aromatic rings. The van der Waals surface area contributed by atoms with Crippen LogP contribution in [-0.4, -0.2) is 88.6 Å². The van der Waals surface area contributed by atoms with E-state index >= 15 is 0 Å². The fourth-order valence-electron chi connectivity index (χ4n) is 7.68. The van der Waals surface area contributed by atoms with Crippen molar-refractivity contribution in [2.24, 2.45) is 28.7 Å². The van der Waals surface area contributed by atoms with E-state index < -0.39 is 11.7 Å². The predicted molar refractivity (Wildman–Crippen MR) is 317 cm³/mol. The number of nitrogens with one attached hydrogen (secondary N) is 3. The van der Waals surface area contributed by atoms with Crippen molar-refractivity contribution in [3.63, 3.8) is 0 Å². The number of likely N-dealkylation sites (tertiary alicyclic amines) is 1. The lowest BCUT2D eigenvalue weighted by Gasteiger charge is -2.22. The van der Waals surface area contributed by atoms with E-state index in [-0.39, 0.29) is 30.2 Å². The normalized spacial score (nSPS) is 14.5. The summed E-state index contributed by atoms with van der Waals surface area (Å²) in [6.07, 6.45) is 6.93. The summed E-state index contributed by atoms with van der Waals surface area (Å²) in [5, 5.41) is 11.7. The molecule has 432 valence electrons. The number of thiazole rings is 1. The van der Waals surface area contributed by atoms with E-state index in [0.717, 1.165) is 71.8 Å². The highest BCUT2D eigenvalue weighted by Crippen LogP contribution is 2.31. The minimum absolute atomic E-state index is 0.0455. The number of hydrogen-bond acceptors (Lipinski definition) is 11. The van der Waals surface area contributed by atoms with Gasteiger partial charge < -0.3 is 41.8 Å². The number of aromatic nitrogens is 1. The number of alkyl halides is 3. The van der Waals surface area contributed by atoms with Crippen molar-refractivity contribution in [3.8, 4) is 16.2 Å². The molecular weight excluding hydrogens is 1030 g/mol. The number of ether oxygens (including phenoxy) is 1. The number of halogens is 3. The molecule has 3 unspecified atom stereocenters. The summed E-state index contributed by atoms with van der Waals surface area (Å²) in [7, 11) is 5.60. The molecular formula is C62H86F3N7O6S. The first kappa shape index (κ1) is 70.2. The first-order chi connectivity index (χ1) is 37.7. The molecule has 0 saturated carbocycles. The highest BCUT2D eigenvalue weighted by atomic mass is 32.1. The maximum atomic E-state index is 12.0. The first-order valence-electron chi connectivity index (χ1n) is 26.4. The van der Waals surface area contributed by atoms with Crippen LogP contribution in [0.15, 0.2) is 121 Å². The second kappa shape index (κ2) is 39.5. The Labute approximate surface area is 471 Å². The predicted octanol–water partition coefficient (Wildman–Crippen LogP) is 11.8. The number of hydrogen-bond donors (Lipinski definition) is 5. The molecule has 17 heteroatoms. The van der Waals surface area contributed by atoms with E-state index in [0.29, 0.717) is 5.75 Å². The third-order valence-corrected chi connectivity index (χ3v) is 14.2. The summed E-state index contributed by atoms with van der Waals surface area (Å²) in [5.74, 6) is 1.52. The summed E-state index contributed by atoms with van der Waals surface area (Å²) in [6.45, 7) is 19.1. The largest absolute Gasteiger partial charge is 0.497 e. The van der Waals surface area contributed by atoms with E-state index in [1.165, 1.54) is 104 Å². The number of carbonyl (C=O) groups is 5. The molecule has 79 heavy (non-hydrogen) atoms. The number of amides is 3. The Morgan fingerprint density at radius 3 is 1.89 bits per heavy atom. The van der Waals surface area contributed by atoms with Crippen LogP contribution in [0.4, 0.5) is 13.2 Å². The molecule has 5 aromatic carbocycles. The minimum atomic E-state index is -4.27. The third-order valence-electron chi connectivity index (χ3n) is 13.2. The molecule has 3 amide bonds. The fraction of sp³-hybridized carbons (Fsp3) is 0.419. The van der Waals surface area contributed by atoms with Crippen LogP contribution in [0.2, 0.25) is 0 Å². The fourth-order valence-corrected chi connectivity index (χ4v) is 8.49. The first-order valence-corrected chi connectivity index (χ1v) is 27.3. The van der Waals surface area contributed by atoms with Crippen LogP contribution in [0.3, 0.4) is 0 Å². The summed E-state index contributed by atoms with van der Waals surface area (Å²) < 4.78 is 40.7. The van der Waals surface area contributed by atoms with Gasteiger partial charge in [-0.1, -0.05) is 113 Å². The molecule has 3 atom stereocenters. The molecule has 2 aliphatic heterocycles. The van der Waals surface area contributed by atoms with E-state index in [1.807, 2.05) is 87.9 Å². The number of fused-ring (bicyclic) bond motifs is 1. The molecule has 0 spiro atoms. The Morgan fingerprint density at radius 1 is 0.823 bits per heavy atom. The Kier molecular flexibility index (Phi) is 35.2. The number of carbonyl (C=O) groups excluding carboxylic acids is 5. The standard InChI is InChI=1S/C15H24N2.C13H14N2OS.C11H8O.C8H7F3O.C7H14O.C6H13N.2CH3NO/c1-16-12-15-4-2-3-14(11-15)6-5-13-7-9-17-10-8-13;1-9(14-7-16)11-3-5-12(6-4-11)13-10(2)15-8-17-13;12-8-9-5-6-10-3-1-2-4-11(10)7-9;1-12-7-4-2-6(3-5-7)8(9,10)11;1-6(5-8)7(2,3)4;1-6-4-3-5-7(6)2;2*2-1-3/h2-4,11,13,16-17H,5-10,12H2,1H3;3-9H,1-2H3,(H,14,16);1-8H;2-5H,1H3;5-6H,1-4H3;6H,3-5H2,1-2H3;2*1H,(H2,2,3). The van der Waals surface area contributed by atoms with Gasteiger partial charge in [0.2, 0.25) is 19.2 Å². The average molecular weight is 1110 g/mol. The van der Waals surface area contributed by atoms with Crippen LogP contribution in [-0.2, 0) is 38.3 Å². The summed E-state index contributed by atoms with van der Waals surface area (Å²) in [6, 6.07) is 36.3. The van der Waals surface area contributed by atoms with Crippen molar-refractivity contribution < 1.29 is 41.9 Å². The number of methoxy groups -OCH3 is 1. The van der Waals surface area contributed by atoms with Crippen LogP contribution < -0.4 is 32.2 Å². The molecule has 3 heterocycles. The van der Waals surface area contributed by atoms with E-state index in [9.17, 15) is 27.6 Å². The van der Waals surface area contributed by atoms with Crippen molar-refractivity contribution >= 4 is 53.9 Å². The van der Waals surface area contributed by atoms with Crippen molar-refractivity contribution in [1.29, 1.82) is 0 Å². The zero-order valence-corrected chi connectivity index (χ0v) is 48.7. The van der Waals surface area contributed by atoms with Gasteiger partial charge in [0.15, 0.2) is 0 Å². The second-order valence-electron chi connectivity index (χ2n) is 20.0. The second-order valence-corrected chi connectivity index (χ2v) is 20.8. The zero-order valence-electron chi connectivity index (χ0n) is 47.9. The van der Waals surface area contributed by atoms with Crippen LogP contribution in [0.5, 0.6) is 5.75 Å². The van der Waals surface area contributed by atoms with E-state index in [4.69, 9.17) is 14.3 Å². The van der Waals surface area contributed by atoms with Gasteiger partial charge in [0, 0.05) is 24.1 Å². The highest BCUT2D eigenvalue weighted by Gasteiger charge is 2.30. The number of nitrogens with zero attached hydrogens (tertiary/aromatic N) is 2. The van der Waals surface area contributed by atoms with Crippen LogP contribution in [0.1, 0.15) is 118 Å². The Hall–Kier alpha value is -6.79. The Bertz CT molecular complexity index is 2590. The number of rotatable bonds is 12. The number of aldehydes is 2. The van der Waals surface area contributed by atoms with Gasteiger partial charge in [-0.3, -0.25) is 19.2 Å². The molecule has 0 radical (unpaired) electrons. The minimum Gasteiger partial charge on any atom is -0.497 e. The summed E-state index contributed by atoms with van der Waals surface area (Å²) in [4.78, 5) is 56.0. The third kappa shape index (κ3) is 29.1. The molecule has 7 N–H and O–H groups in total. The monoisotopic (exact) mass is 1110 g/mol. The quantitative estimate of drug-likeness (QED) is 0.0735. The lowest BCUT2D eigenvalue weighted by atomic mass is 9.83.